The van der Waals surface area contributed by atoms with Crippen LogP contribution in [-0.2, 0) is 0 Å². The van der Waals surface area contributed by atoms with Crippen molar-refractivity contribution in [3.05, 3.63) is 12.1 Å². The van der Waals surface area contributed by atoms with Crippen molar-refractivity contribution in [3.63, 3.8) is 0 Å². The first-order valence-corrected chi connectivity index (χ1v) is 8.87. The number of rotatable bonds is 7. The maximum absolute atomic E-state index is 6.02. The molecule has 0 N–H and O–H groups in total. The molecule has 6 nitrogen and oxygen atoms in total. The van der Waals surface area contributed by atoms with Crippen LogP contribution in [0.4, 0.5) is 0 Å². The van der Waals surface area contributed by atoms with Gasteiger partial charge in [0.2, 0.25) is 11.6 Å². The molecule has 0 saturated heterocycles. The number of ether oxygens (including phenoxy) is 3. The van der Waals surface area contributed by atoms with Crippen molar-refractivity contribution in [2.24, 2.45) is 5.92 Å². The predicted octanol–water partition coefficient (Wildman–Crippen LogP) is 4.05. The number of hydrogen-bond acceptors (Lipinski definition) is 7. The minimum absolute atomic E-state index is 0.252. The van der Waals surface area contributed by atoms with E-state index in [0.717, 1.165) is 12.2 Å². The number of methoxy groups -OCH3 is 3. The van der Waals surface area contributed by atoms with Crippen LogP contribution in [0, 0.1) is 5.92 Å². The number of benzene rings is 1. The van der Waals surface area contributed by atoms with Gasteiger partial charge in [-0.1, -0.05) is 11.8 Å². The monoisotopic (exact) mass is 390 g/mol. The summed E-state index contributed by atoms with van der Waals surface area (Å²) in [5, 5.41) is 8.58. The first kappa shape index (κ1) is 17.5. The van der Waals surface area contributed by atoms with Gasteiger partial charge >= 0.3 is 0 Å². The number of alkyl halides is 2. The average molecular weight is 391 g/mol. The van der Waals surface area contributed by atoms with E-state index in [1.54, 1.807) is 33.5 Å². The van der Waals surface area contributed by atoms with Gasteiger partial charge in [-0.05, 0) is 18.6 Å². The summed E-state index contributed by atoms with van der Waals surface area (Å²) in [5.74, 6) is 2.91. The normalized spacial score (nSPS) is 18.3. The summed E-state index contributed by atoms with van der Waals surface area (Å²) in [6.07, 6.45) is 0.789. The second-order valence-electron chi connectivity index (χ2n) is 5.26. The average Bonchev–Trinajstić information content (AvgIpc) is 2.98. The zero-order chi connectivity index (χ0) is 17.3. The van der Waals surface area contributed by atoms with Crippen LogP contribution in [0.15, 0.2) is 21.8 Å². The van der Waals surface area contributed by atoms with E-state index < -0.39 is 4.33 Å². The van der Waals surface area contributed by atoms with Gasteiger partial charge in [0.15, 0.2) is 11.5 Å². The summed E-state index contributed by atoms with van der Waals surface area (Å²) in [6, 6.07) is 3.51. The molecule has 1 aliphatic carbocycles. The highest BCUT2D eigenvalue weighted by molar-refractivity contribution is 7.99. The molecule has 1 saturated carbocycles. The third-order valence-electron chi connectivity index (χ3n) is 3.68. The van der Waals surface area contributed by atoms with Crippen LogP contribution in [0.1, 0.15) is 6.42 Å². The van der Waals surface area contributed by atoms with Gasteiger partial charge in [-0.3, -0.25) is 0 Å². The highest BCUT2D eigenvalue weighted by Crippen LogP contribution is 2.54. The van der Waals surface area contributed by atoms with Crippen molar-refractivity contribution >= 4 is 35.0 Å². The predicted molar refractivity (Wildman–Crippen MR) is 92.7 cm³/mol. The summed E-state index contributed by atoms with van der Waals surface area (Å²) in [6.45, 7) is 0. The van der Waals surface area contributed by atoms with Crippen molar-refractivity contribution in [2.45, 2.75) is 16.0 Å². The highest BCUT2D eigenvalue weighted by atomic mass is 35.5. The maximum atomic E-state index is 6.02. The smallest absolute Gasteiger partial charge is 0.276 e. The minimum Gasteiger partial charge on any atom is -0.493 e. The van der Waals surface area contributed by atoms with Gasteiger partial charge in [-0.15, -0.1) is 33.4 Å². The molecule has 1 unspecified atom stereocenters. The Labute approximate surface area is 153 Å². The van der Waals surface area contributed by atoms with Crippen LogP contribution in [0.25, 0.3) is 11.5 Å². The van der Waals surface area contributed by atoms with Gasteiger partial charge in [0.25, 0.3) is 5.22 Å². The Bertz CT molecular complexity index is 713. The second-order valence-corrected chi connectivity index (χ2v) is 7.77. The molecule has 1 atom stereocenters. The van der Waals surface area contributed by atoms with Gasteiger partial charge in [0.05, 0.1) is 21.3 Å². The molecule has 0 aliphatic heterocycles. The Morgan fingerprint density at radius 1 is 1.17 bits per heavy atom. The molecule has 1 fully saturated rings. The largest absolute Gasteiger partial charge is 0.493 e. The SMILES string of the molecule is COc1cc(-c2nnc(SCC3CC3(Cl)Cl)o2)cc(OC)c1OC. The van der Waals surface area contributed by atoms with E-state index in [2.05, 4.69) is 10.2 Å². The topological polar surface area (TPSA) is 66.6 Å². The molecule has 1 aromatic heterocycles. The van der Waals surface area contributed by atoms with Crippen LogP contribution >= 0.6 is 35.0 Å². The molecule has 0 amide bonds. The van der Waals surface area contributed by atoms with Gasteiger partial charge in [0.1, 0.15) is 4.33 Å². The summed E-state index contributed by atoms with van der Waals surface area (Å²) in [5.41, 5.74) is 0.680. The van der Waals surface area contributed by atoms with Gasteiger partial charge in [-0.25, -0.2) is 0 Å². The lowest BCUT2D eigenvalue weighted by Crippen LogP contribution is -1.95. The molecule has 1 aliphatic rings. The molecule has 0 radical (unpaired) electrons. The molecule has 130 valence electrons. The Kier molecular flexibility index (Phi) is 5.03. The first-order chi connectivity index (χ1) is 11.5. The summed E-state index contributed by atoms with van der Waals surface area (Å²) < 4.78 is 21.0. The molecule has 24 heavy (non-hydrogen) atoms. The number of halogens is 2. The quantitative estimate of drug-likeness (QED) is 0.521. The first-order valence-electron chi connectivity index (χ1n) is 7.13. The summed E-state index contributed by atoms with van der Waals surface area (Å²) in [7, 11) is 4.65. The Morgan fingerprint density at radius 3 is 2.29 bits per heavy atom. The molecule has 1 heterocycles. The number of thioether (sulfide) groups is 1. The molecule has 0 spiro atoms. The molecule has 0 bridgehead atoms. The fraction of sp³-hybridized carbons (Fsp3) is 0.467. The van der Waals surface area contributed by atoms with E-state index in [1.165, 1.54) is 11.8 Å². The van der Waals surface area contributed by atoms with E-state index in [1.807, 2.05) is 0 Å². The number of aromatic nitrogens is 2. The Morgan fingerprint density at radius 2 is 1.79 bits per heavy atom. The van der Waals surface area contributed by atoms with E-state index >= 15 is 0 Å². The van der Waals surface area contributed by atoms with Crippen molar-refractivity contribution in [1.82, 2.24) is 10.2 Å². The Hall–Kier alpha value is -1.31. The zero-order valence-corrected chi connectivity index (χ0v) is 15.7. The summed E-state index contributed by atoms with van der Waals surface area (Å²) >= 11 is 13.5. The molecule has 9 heteroatoms. The van der Waals surface area contributed by atoms with Crippen LogP contribution in [0.5, 0.6) is 17.2 Å². The van der Waals surface area contributed by atoms with Crippen LogP contribution in [0.3, 0.4) is 0 Å². The lowest BCUT2D eigenvalue weighted by Gasteiger charge is -2.12. The van der Waals surface area contributed by atoms with E-state index in [9.17, 15) is 0 Å². The lowest BCUT2D eigenvalue weighted by atomic mass is 10.2. The number of hydrogen-bond donors (Lipinski definition) is 0. The fourth-order valence-corrected chi connectivity index (χ4v) is 3.90. The van der Waals surface area contributed by atoms with Gasteiger partial charge < -0.3 is 18.6 Å². The molecule has 3 rings (SSSR count). The van der Waals surface area contributed by atoms with E-state index in [-0.39, 0.29) is 5.92 Å². The van der Waals surface area contributed by atoms with Gasteiger partial charge in [-0.2, -0.15) is 0 Å². The van der Waals surface area contributed by atoms with Gasteiger partial charge in [0, 0.05) is 17.2 Å². The van der Waals surface area contributed by atoms with E-state index in [0.29, 0.717) is 33.9 Å². The zero-order valence-electron chi connectivity index (χ0n) is 13.3. The molecule has 2 aromatic rings. The van der Waals surface area contributed by atoms with Crippen LogP contribution in [-0.4, -0.2) is 41.6 Å². The standard InChI is InChI=1S/C15H16Cl2N2O4S/c1-20-10-4-8(5-11(21-2)12(10)22-3)13-18-19-14(23-13)24-7-9-6-15(9,16)17/h4-5,9H,6-7H2,1-3H3. The fourth-order valence-electron chi connectivity index (χ4n) is 2.21. The summed E-state index contributed by atoms with van der Waals surface area (Å²) in [4.78, 5) is 0. The lowest BCUT2D eigenvalue weighted by molar-refractivity contribution is 0.324. The van der Waals surface area contributed by atoms with Crippen molar-refractivity contribution in [2.75, 3.05) is 27.1 Å². The van der Waals surface area contributed by atoms with E-state index in [4.69, 9.17) is 41.8 Å². The maximum Gasteiger partial charge on any atom is 0.276 e. The highest BCUT2D eigenvalue weighted by Gasteiger charge is 2.51. The third kappa shape index (κ3) is 3.53. The Balaban J connectivity index is 1.79. The second kappa shape index (κ2) is 6.90. The molecular weight excluding hydrogens is 375 g/mol. The molecule has 1 aromatic carbocycles. The number of nitrogens with zero attached hydrogens (tertiary/aromatic N) is 2. The minimum atomic E-state index is -0.605. The van der Waals surface area contributed by atoms with Crippen LogP contribution in [0.2, 0.25) is 0 Å². The third-order valence-corrected chi connectivity index (χ3v) is 5.59. The van der Waals surface area contributed by atoms with Crippen molar-refractivity contribution < 1.29 is 18.6 Å². The van der Waals surface area contributed by atoms with Crippen molar-refractivity contribution in [1.29, 1.82) is 0 Å². The van der Waals surface area contributed by atoms with Crippen molar-refractivity contribution in [3.8, 4) is 28.7 Å². The molecular formula is C15H16Cl2N2O4S. The van der Waals surface area contributed by atoms with Crippen LogP contribution < -0.4 is 14.2 Å².